The molecule has 0 amide bonds. The van der Waals surface area contributed by atoms with Gasteiger partial charge in [0.1, 0.15) is 11.9 Å². The predicted molar refractivity (Wildman–Crippen MR) is 109 cm³/mol. The van der Waals surface area contributed by atoms with Gasteiger partial charge in [0, 0.05) is 31.6 Å². The quantitative estimate of drug-likeness (QED) is 0.682. The van der Waals surface area contributed by atoms with Crippen LogP contribution in [0.15, 0.2) is 60.7 Å². The number of piperazine rings is 1. The molecule has 1 fully saturated rings. The van der Waals surface area contributed by atoms with Gasteiger partial charge in [-0.3, -0.25) is 0 Å². The average molecular weight is 392 g/mol. The first kappa shape index (κ1) is 18.4. The minimum absolute atomic E-state index is 0.00547. The Bertz CT molecular complexity index is 1130. The first-order chi connectivity index (χ1) is 13.6. The van der Waals surface area contributed by atoms with Crippen molar-refractivity contribution in [2.24, 2.45) is 0 Å². The van der Waals surface area contributed by atoms with Gasteiger partial charge in [-0.05, 0) is 17.7 Å². The van der Waals surface area contributed by atoms with Crippen molar-refractivity contribution < 1.29 is 8.42 Å². The van der Waals surface area contributed by atoms with Crippen LogP contribution in [0.2, 0.25) is 0 Å². The topological polar surface area (TPSA) is 77.3 Å². The summed E-state index contributed by atoms with van der Waals surface area (Å²) in [6.07, 6.45) is 0. The Labute approximate surface area is 164 Å². The number of anilines is 1. The van der Waals surface area contributed by atoms with E-state index in [0.29, 0.717) is 37.6 Å². The molecule has 0 radical (unpaired) electrons. The number of fused-ring (bicyclic) bond motifs is 1. The number of rotatable bonds is 4. The number of sulfonamides is 1. The molecule has 0 unspecified atom stereocenters. The molecule has 1 aromatic heterocycles. The number of para-hydroxylation sites is 1. The molecular weight excluding hydrogens is 372 g/mol. The lowest BCUT2D eigenvalue weighted by Crippen LogP contribution is -2.49. The largest absolute Gasteiger partial charge is 0.353 e. The van der Waals surface area contributed by atoms with Crippen molar-refractivity contribution in [1.82, 2.24) is 9.29 Å². The number of nitriles is 1. The summed E-state index contributed by atoms with van der Waals surface area (Å²) in [6.45, 7) is 1.78. The molecule has 1 aliphatic heterocycles. The molecule has 4 rings (SSSR count). The van der Waals surface area contributed by atoms with Gasteiger partial charge in [-0.2, -0.15) is 9.57 Å². The fourth-order valence-corrected chi connectivity index (χ4v) is 5.00. The molecule has 0 aliphatic carbocycles. The Kier molecular flexibility index (Phi) is 4.99. The van der Waals surface area contributed by atoms with Gasteiger partial charge in [0.15, 0.2) is 0 Å². The summed E-state index contributed by atoms with van der Waals surface area (Å²) in [7, 11) is -3.37. The zero-order valence-electron chi connectivity index (χ0n) is 15.3. The number of pyridine rings is 1. The molecule has 0 N–H and O–H groups in total. The summed E-state index contributed by atoms with van der Waals surface area (Å²) < 4.78 is 27.0. The van der Waals surface area contributed by atoms with Crippen molar-refractivity contribution >= 4 is 26.7 Å². The molecule has 6 nitrogen and oxygen atoms in total. The Morgan fingerprint density at radius 2 is 1.64 bits per heavy atom. The highest BCUT2D eigenvalue weighted by molar-refractivity contribution is 7.88. The van der Waals surface area contributed by atoms with Crippen LogP contribution in [-0.4, -0.2) is 43.9 Å². The second-order valence-electron chi connectivity index (χ2n) is 6.79. The third-order valence-corrected chi connectivity index (χ3v) is 6.80. The maximum absolute atomic E-state index is 12.7. The third-order valence-electron chi connectivity index (χ3n) is 4.95. The summed E-state index contributed by atoms with van der Waals surface area (Å²) in [5, 5.41) is 10.5. The van der Waals surface area contributed by atoms with Crippen LogP contribution in [0.4, 0.5) is 5.82 Å². The van der Waals surface area contributed by atoms with E-state index in [1.807, 2.05) is 65.6 Å². The number of hydrogen-bond acceptors (Lipinski definition) is 5. The molecule has 1 aliphatic rings. The Morgan fingerprint density at radius 1 is 0.964 bits per heavy atom. The van der Waals surface area contributed by atoms with E-state index in [-0.39, 0.29) is 5.75 Å². The van der Waals surface area contributed by atoms with E-state index in [4.69, 9.17) is 0 Å². The van der Waals surface area contributed by atoms with Crippen LogP contribution in [0.3, 0.4) is 0 Å². The number of nitrogens with zero attached hydrogens (tertiary/aromatic N) is 4. The van der Waals surface area contributed by atoms with E-state index in [1.165, 1.54) is 4.31 Å². The minimum Gasteiger partial charge on any atom is -0.353 e. The fourth-order valence-electron chi connectivity index (χ4n) is 3.48. The van der Waals surface area contributed by atoms with Crippen molar-refractivity contribution in [3.8, 4) is 6.07 Å². The molecule has 142 valence electrons. The monoisotopic (exact) mass is 392 g/mol. The van der Waals surface area contributed by atoms with E-state index < -0.39 is 10.0 Å². The van der Waals surface area contributed by atoms with Crippen LogP contribution in [0, 0.1) is 11.3 Å². The summed E-state index contributed by atoms with van der Waals surface area (Å²) in [4.78, 5) is 6.66. The summed E-state index contributed by atoms with van der Waals surface area (Å²) in [5.74, 6) is 0.632. The zero-order chi connectivity index (χ0) is 19.6. The first-order valence-electron chi connectivity index (χ1n) is 9.13. The van der Waals surface area contributed by atoms with E-state index in [1.54, 1.807) is 0 Å². The molecule has 1 saturated heterocycles. The molecule has 0 saturated carbocycles. The van der Waals surface area contributed by atoms with Crippen molar-refractivity contribution in [2.75, 3.05) is 31.1 Å². The molecule has 7 heteroatoms. The lowest BCUT2D eigenvalue weighted by molar-refractivity contribution is 0.383. The third kappa shape index (κ3) is 3.70. The van der Waals surface area contributed by atoms with Gasteiger partial charge < -0.3 is 4.90 Å². The maximum Gasteiger partial charge on any atom is 0.218 e. The highest BCUT2D eigenvalue weighted by Gasteiger charge is 2.28. The molecule has 2 aromatic carbocycles. The number of aromatic nitrogens is 1. The molecule has 2 heterocycles. The van der Waals surface area contributed by atoms with Crippen molar-refractivity contribution in [1.29, 1.82) is 5.26 Å². The highest BCUT2D eigenvalue weighted by Crippen LogP contribution is 2.25. The van der Waals surface area contributed by atoms with Crippen LogP contribution >= 0.6 is 0 Å². The van der Waals surface area contributed by atoms with E-state index in [2.05, 4.69) is 11.1 Å². The lowest BCUT2D eigenvalue weighted by atomic mass is 10.1. The van der Waals surface area contributed by atoms with Gasteiger partial charge in [0.25, 0.3) is 0 Å². The second-order valence-corrected chi connectivity index (χ2v) is 8.76. The van der Waals surface area contributed by atoms with Gasteiger partial charge in [-0.25, -0.2) is 13.4 Å². The average Bonchev–Trinajstić information content (AvgIpc) is 2.73. The van der Waals surface area contributed by atoms with Crippen LogP contribution in [0.25, 0.3) is 10.9 Å². The van der Waals surface area contributed by atoms with Gasteiger partial charge >= 0.3 is 0 Å². The van der Waals surface area contributed by atoms with Gasteiger partial charge in [-0.15, -0.1) is 0 Å². The Morgan fingerprint density at radius 3 is 2.36 bits per heavy atom. The fraction of sp³-hybridized carbons (Fsp3) is 0.238. The maximum atomic E-state index is 12.7. The smallest absolute Gasteiger partial charge is 0.218 e. The number of hydrogen-bond donors (Lipinski definition) is 0. The van der Waals surface area contributed by atoms with E-state index in [9.17, 15) is 13.7 Å². The highest BCUT2D eigenvalue weighted by atomic mass is 32.2. The van der Waals surface area contributed by atoms with Crippen LogP contribution in [0.5, 0.6) is 0 Å². The summed E-state index contributed by atoms with van der Waals surface area (Å²) >= 11 is 0. The molecule has 0 bridgehead atoms. The normalized spacial score (nSPS) is 15.5. The van der Waals surface area contributed by atoms with Crippen LogP contribution < -0.4 is 4.90 Å². The predicted octanol–water partition coefficient (Wildman–Crippen LogP) is 2.76. The summed E-state index contributed by atoms with van der Waals surface area (Å²) in [6, 6.07) is 21.0. The van der Waals surface area contributed by atoms with E-state index >= 15 is 0 Å². The lowest BCUT2D eigenvalue weighted by Gasteiger charge is -2.35. The van der Waals surface area contributed by atoms with E-state index in [0.717, 1.165) is 16.5 Å². The molecule has 0 atom stereocenters. The second kappa shape index (κ2) is 7.58. The SMILES string of the molecule is N#Cc1cc2ccccc2nc1N1CCN(S(=O)(=O)Cc2ccccc2)CC1. The standard InChI is InChI=1S/C21H20N4O2S/c22-15-19-14-18-8-4-5-9-20(18)23-21(19)24-10-12-25(13-11-24)28(26,27)16-17-6-2-1-3-7-17/h1-9,14H,10-13,16H2. The van der Waals surface area contributed by atoms with Gasteiger partial charge in [-0.1, -0.05) is 48.5 Å². The molecule has 28 heavy (non-hydrogen) atoms. The molecule has 0 spiro atoms. The van der Waals surface area contributed by atoms with Crippen LogP contribution in [0.1, 0.15) is 11.1 Å². The van der Waals surface area contributed by atoms with Crippen molar-refractivity contribution in [3.05, 3.63) is 71.8 Å². The number of benzene rings is 2. The Balaban J connectivity index is 1.51. The zero-order valence-corrected chi connectivity index (χ0v) is 16.1. The van der Waals surface area contributed by atoms with Crippen molar-refractivity contribution in [2.45, 2.75) is 5.75 Å². The molecule has 3 aromatic rings. The van der Waals surface area contributed by atoms with Crippen LogP contribution in [-0.2, 0) is 15.8 Å². The Hall–Kier alpha value is -2.95. The molecular formula is C21H20N4O2S. The first-order valence-corrected chi connectivity index (χ1v) is 10.7. The minimum atomic E-state index is -3.37. The summed E-state index contributed by atoms with van der Waals surface area (Å²) in [5.41, 5.74) is 2.13. The van der Waals surface area contributed by atoms with Gasteiger partial charge in [0.05, 0.1) is 16.8 Å². The van der Waals surface area contributed by atoms with Gasteiger partial charge in [0.2, 0.25) is 10.0 Å². The van der Waals surface area contributed by atoms with Crippen molar-refractivity contribution in [3.63, 3.8) is 0 Å².